The van der Waals surface area contributed by atoms with Crippen LogP contribution >= 0.6 is 11.8 Å². The van der Waals surface area contributed by atoms with E-state index in [9.17, 15) is 18.0 Å². The molecule has 0 aromatic carbocycles. The zero-order chi connectivity index (χ0) is 30.8. The number of nitrogens with zero attached hydrogens (tertiary/aromatic N) is 4. The van der Waals surface area contributed by atoms with Gasteiger partial charge in [-0.25, -0.2) is 14.4 Å². The molecule has 0 aliphatic carbocycles. The Morgan fingerprint density at radius 3 is 2.77 bits per heavy atom. The fraction of sp³-hybridized carbons (Fsp3) is 0.464. The zero-order valence-corrected chi connectivity index (χ0v) is 24.5. The molecule has 10 nitrogen and oxygen atoms in total. The quantitative estimate of drug-likeness (QED) is 0.197. The first kappa shape index (κ1) is 30.7. The van der Waals surface area contributed by atoms with Crippen LogP contribution in [0.25, 0.3) is 5.65 Å². The lowest BCUT2D eigenvalue weighted by Crippen LogP contribution is -2.64. The Bertz CT molecular complexity index is 1550. The molecule has 3 N–H and O–H groups in total. The van der Waals surface area contributed by atoms with Crippen molar-refractivity contribution in [3.63, 3.8) is 0 Å². The number of anilines is 2. The standard InChI is InChI=1S/C28H31F4N7O3S/c1-27(15-42-16-27)38-11-8-18(17(29)14-38)36-19-7-5-10-39-24(19)37-20(26(39)43-28(30,31)32)6-4-9-34-22-13-35-21(25(40)33-2)12-23(22)41-3/h5,7,10,12-13,17-18,34,36H,8-9,11,14-16H2,1-3H3,(H,33,40)/t17-,18+/m0/s1. The number of alkyl halides is 4. The Kier molecular flexibility index (Phi) is 8.91. The van der Waals surface area contributed by atoms with E-state index >= 15 is 4.39 Å². The van der Waals surface area contributed by atoms with Gasteiger partial charge in [0, 0.05) is 44.2 Å². The molecule has 3 aromatic heterocycles. The molecule has 2 fully saturated rings. The number of carbonyl (C=O) groups is 1. The van der Waals surface area contributed by atoms with Crippen molar-refractivity contribution < 1.29 is 31.8 Å². The molecule has 2 aliphatic heterocycles. The average Bonchev–Trinajstić information content (AvgIpc) is 3.31. The zero-order valence-electron chi connectivity index (χ0n) is 23.7. The van der Waals surface area contributed by atoms with Crippen LogP contribution in [0, 0.1) is 11.8 Å². The largest absolute Gasteiger partial charge is 0.494 e. The summed E-state index contributed by atoms with van der Waals surface area (Å²) < 4.78 is 67.9. The molecule has 43 heavy (non-hydrogen) atoms. The highest BCUT2D eigenvalue weighted by Gasteiger charge is 2.43. The Hall–Kier alpha value is -3.74. The molecule has 0 spiro atoms. The first-order chi connectivity index (χ1) is 20.5. The van der Waals surface area contributed by atoms with Crippen LogP contribution in [0.15, 0.2) is 35.6 Å². The van der Waals surface area contributed by atoms with Crippen LogP contribution in [0.1, 0.15) is 29.5 Å². The minimum Gasteiger partial charge on any atom is -0.494 e. The SMILES string of the molecule is CNC(=O)c1cc(OC)c(NCC#Cc2nc3c(N[C@@H]4CCN(C5(C)COC5)C[C@@H]4F)cccn3c2SC(F)(F)F)cn1. The third kappa shape index (κ3) is 6.76. The van der Waals surface area contributed by atoms with Crippen LogP contribution in [-0.2, 0) is 4.74 Å². The lowest BCUT2D eigenvalue weighted by atomic mass is 9.92. The van der Waals surface area contributed by atoms with Gasteiger partial charge in [-0.1, -0.05) is 5.92 Å². The van der Waals surface area contributed by atoms with E-state index in [4.69, 9.17) is 9.47 Å². The van der Waals surface area contributed by atoms with E-state index in [0.29, 0.717) is 43.3 Å². The van der Waals surface area contributed by atoms with Crippen LogP contribution in [0.3, 0.4) is 0 Å². The topological polar surface area (TPSA) is 105 Å². The summed E-state index contributed by atoms with van der Waals surface area (Å²) in [4.78, 5) is 22.4. The molecule has 0 radical (unpaired) electrons. The van der Waals surface area contributed by atoms with E-state index < -0.39 is 17.7 Å². The molecule has 2 aliphatic rings. The number of hydrogen-bond acceptors (Lipinski definition) is 9. The number of amides is 1. The number of aromatic nitrogens is 3. The number of methoxy groups -OCH3 is 1. The number of fused-ring (bicyclic) bond motifs is 1. The normalized spacial score (nSPS) is 20.1. The Labute approximate surface area is 249 Å². The van der Waals surface area contributed by atoms with Crippen LogP contribution in [0.4, 0.5) is 28.9 Å². The minimum atomic E-state index is -4.59. The number of likely N-dealkylation sites (tertiary alicyclic amines) is 1. The van der Waals surface area contributed by atoms with E-state index in [-0.39, 0.29) is 58.4 Å². The second-order valence-electron chi connectivity index (χ2n) is 10.4. The van der Waals surface area contributed by atoms with Gasteiger partial charge in [-0.15, -0.1) is 0 Å². The van der Waals surface area contributed by atoms with Crippen molar-refractivity contribution >= 4 is 34.7 Å². The minimum absolute atomic E-state index is 0.0263. The summed E-state index contributed by atoms with van der Waals surface area (Å²) in [5.74, 6) is 5.50. The summed E-state index contributed by atoms with van der Waals surface area (Å²) in [6.07, 6.45) is 2.21. The molecule has 0 unspecified atom stereocenters. The maximum atomic E-state index is 15.3. The number of thioether (sulfide) groups is 1. The number of halogens is 4. The summed E-state index contributed by atoms with van der Waals surface area (Å²) in [6, 6.07) is 4.19. The molecule has 2 saturated heterocycles. The van der Waals surface area contributed by atoms with Gasteiger partial charge in [0.05, 0.1) is 56.0 Å². The summed E-state index contributed by atoms with van der Waals surface area (Å²) in [5.41, 5.74) is -3.57. The molecular formula is C28H31F4N7O3S. The monoisotopic (exact) mass is 621 g/mol. The molecule has 0 saturated carbocycles. The number of carbonyl (C=O) groups excluding carboxylic acids is 1. The number of rotatable bonds is 8. The Morgan fingerprint density at radius 2 is 2.12 bits per heavy atom. The third-order valence-electron chi connectivity index (χ3n) is 7.41. The predicted molar refractivity (Wildman–Crippen MR) is 154 cm³/mol. The van der Waals surface area contributed by atoms with Gasteiger partial charge in [0.2, 0.25) is 0 Å². The second-order valence-corrected chi connectivity index (χ2v) is 11.5. The van der Waals surface area contributed by atoms with E-state index in [1.54, 1.807) is 12.1 Å². The summed E-state index contributed by atoms with van der Waals surface area (Å²) in [7, 11) is 2.91. The molecule has 0 bridgehead atoms. The van der Waals surface area contributed by atoms with Gasteiger partial charge in [-0.05, 0) is 31.4 Å². The molecule has 3 aromatic rings. The summed E-state index contributed by atoms with van der Waals surface area (Å²) in [5, 5.41) is 8.46. The van der Waals surface area contributed by atoms with E-state index in [1.807, 2.05) is 0 Å². The van der Waals surface area contributed by atoms with Crippen molar-refractivity contribution in [2.24, 2.45) is 0 Å². The van der Waals surface area contributed by atoms with Gasteiger partial charge in [-0.3, -0.25) is 14.1 Å². The Balaban J connectivity index is 1.35. The lowest BCUT2D eigenvalue weighted by molar-refractivity contribution is -0.142. The molecule has 5 rings (SSSR count). The fourth-order valence-electron chi connectivity index (χ4n) is 5.04. The van der Waals surface area contributed by atoms with Gasteiger partial charge >= 0.3 is 5.51 Å². The number of imidazole rings is 1. The van der Waals surface area contributed by atoms with Crippen molar-refractivity contribution in [1.29, 1.82) is 0 Å². The molecule has 5 heterocycles. The molecule has 1 amide bonds. The van der Waals surface area contributed by atoms with Gasteiger partial charge in [0.15, 0.2) is 5.65 Å². The number of ether oxygens (including phenoxy) is 2. The number of piperidine rings is 1. The van der Waals surface area contributed by atoms with Crippen molar-refractivity contribution in [3.05, 3.63) is 42.0 Å². The van der Waals surface area contributed by atoms with Gasteiger partial charge in [-0.2, -0.15) is 13.2 Å². The first-order valence-electron chi connectivity index (χ1n) is 13.5. The van der Waals surface area contributed by atoms with Gasteiger partial charge < -0.3 is 25.4 Å². The average molecular weight is 622 g/mol. The number of hydrogen-bond donors (Lipinski definition) is 3. The summed E-state index contributed by atoms with van der Waals surface area (Å²) >= 11 is -0.313. The number of nitrogens with one attached hydrogen (secondary N) is 3. The number of pyridine rings is 2. The highest BCUT2D eigenvalue weighted by Crippen LogP contribution is 2.40. The molecule has 15 heteroatoms. The second kappa shape index (κ2) is 12.5. The maximum absolute atomic E-state index is 15.3. The molecule has 2 atom stereocenters. The van der Waals surface area contributed by atoms with E-state index in [1.165, 1.54) is 37.0 Å². The Morgan fingerprint density at radius 1 is 1.33 bits per heavy atom. The van der Waals surface area contributed by atoms with Crippen molar-refractivity contribution in [2.75, 3.05) is 57.6 Å². The third-order valence-corrected chi connectivity index (χ3v) is 8.22. The highest BCUT2D eigenvalue weighted by atomic mass is 32.2. The van der Waals surface area contributed by atoms with Crippen molar-refractivity contribution in [3.8, 4) is 17.6 Å². The van der Waals surface area contributed by atoms with Gasteiger partial charge in [0.25, 0.3) is 5.91 Å². The van der Waals surface area contributed by atoms with Crippen molar-refractivity contribution in [2.45, 2.75) is 41.6 Å². The van der Waals surface area contributed by atoms with E-state index in [0.717, 1.165) is 0 Å². The van der Waals surface area contributed by atoms with Crippen molar-refractivity contribution in [1.82, 2.24) is 24.6 Å². The predicted octanol–water partition coefficient (Wildman–Crippen LogP) is 3.79. The van der Waals surface area contributed by atoms with Crippen LogP contribution in [0.2, 0.25) is 0 Å². The molecule has 230 valence electrons. The van der Waals surface area contributed by atoms with Crippen LogP contribution in [0.5, 0.6) is 5.75 Å². The maximum Gasteiger partial charge on any atom is 0.447 e. The lowest BCUT2D eigenvalue weighted by Gasteiger charge is -2.50. The first-order valence-corrected chi connectivity index (χ1v) is 14.3. The smallest absolute Gasteiger partial charge is 0.447 e. The molecular weight excluding hydrogens is 590 g/mol. The van der Waals surface area contributed by atoms with Crippen LogP contribution in [-0.4, -0.2) is 95.4 Å². The van der Waals surface area contributed by atoms with E-state index in [2.05, 4.69) is 49.6 Å². The van der Waals surface area contributed by atoms with Crippen LogP contribution < -0.4 is 20.7 Å². The fourth-order valence-corrected chi connectivity index (χ4v) is 5.70. The highest BCUT2D eigenvalue weighted by molar-refractivity contribution is 8.00. The van der Waals surface area contributed by atoms with Gasteiger partial charge in [0.1, 0.15) is 28.3 Å². The summed E-state index contributed by atoms with van der Waals surface area (Å²) in [6.45, 7) is 4.12.